The number of carbonyl (C=O) groups is 1. The van der Waals surface area contributed by atoms with Crippen molar-refractivity contribution in [2.75, 3.05) is 0 Å². The van der Waals surface area contributed by atoms with Gasteiger partial charge in [0.05, 0.1) is 17.8 Å². The summed E-state index contributed by atoms with van der Waals surface area (Å²) < 4.78 is 11.1. The molecule has 0 spiro atoms. The van der Waals surface area contributed by atoms with Crippen LogP contribution in [0.15, 0.2) is 12.2 Å². The summed E-state index contributed by atoms with van der Waals surface area (Å²) in [6, 6.07) is 0. The number of ketones is 1. The van der Waals surface area contributed by atoms with Crippen molar-refractivity contribution in [3.63, 3.8) is 0 Å². The van der Waals surface area contributed by atoms with E-state index in [-0.39, 0.29) is 11.9 Å². The highest BCUT2D eigenvalue weighted by atomic mass is 16.6. The fourth-order valence-electron chi connectivity index (χ4n) is 3.16. The van der Waals surface area contributed by atoms with E-state index >= 15 is 0 Å². The molecule has 112 valence electrons. The highest BCUT2D eigenvalue weighted by Gasteiger charge is 2.65. The van der Waals surface area contributed by atoms with Crippen molar-refractivity contribution in [3.05, 3.63) is 12.2 Å². The van der Waals surface area contributed by atoms with Crippen molar-refractivity contribution in [3.8, 4) is 0 Å². The van der Waals surface area contributed by atoms with E-state index in [1.54, 1.807) is 13.0 Å². The molecule has 2 saturated heterocycles. The first kappa shape index (κ1) is 14.2. The summed E-state index contributed by atoms with van der Waals surface area (Å²) in [5.74, 6) is -0.163. The van der Waals surface area contributed by atoms with Crippen molar-refractivity contribution >= 4 is 5.78 Å². The standard InChI is InChI=1S/C15H22O5/c1-13(2)6-5-9(17)15(4)11(20-15)8(16)7-14(3)12(19-14)10(13)18/h5-6,8,10-12,16,18H,7H2,1-4H3. The first-order valence-electron chi connectivity index (χ1n) is 7.06. The van der Waals surface area contributed by atoms with Crippen molar-refractivity contribution in [1.82, 2.24) is 0 Å². The summed E-state index contributed by atoms with van der Waals surface area (Å²) in [6.07, 6.45) is 1.24. The Kier molecular flexibility index (Phi) is 2.78. The molecule has 0 aromatic rings. The number of rotatable bonds is 0. The average Bonchev–Trinajstić information content (AvgIpc) is 3.21. The van der Waals surface area contributed by atoms with E-state index in [9.17, 15) is 15.0 Å². The van der Waals surface area contributed by atoms with E-state index < -0.39 is 34.9 Å². The third-order valence-electron chi connectivity index (χ3n) is 4.96. The summed E-state index contributed by atoms with van der Waals surface area (Å²) in [5, 5.41) is 20.7. The van der Waals surface area contributed by atoms with Crippen LogP contribution in [-0.4, -0.2) is 51.6 Å². The Labute approximate surface area is 118 Å². The number of hydrogen-bond acceptors (Lipinski definition) is 5. The molecule has 2 aliphatic heterocycles. The van der Waals surface area contributed by atoms with Gasteiger partial charge in [-0.1, -0.05) is 19.9 Å². The molecule has 6 unspecified atom stereocenters. The van der Waals surface area contributed by atoms with Crippen LogP contribution in [0.4, 0.5) is 0 Å². The van der Waals surface area contributed by atoms with Crippen LogP contribution in [-0.2, 0) is 14.3 Å². The first-order valence-corrected chi connectivity index (χ1v) is 7.06. The zero-order chi connectivity index (χ0) is 14.9. The first-order chi connectivity index (χ1) is 9.10. The van der Waals surface area contributed by atoms with Crippen LogP contribution in [0.25, 0.3) is 0 Å². The molecule has 5 heteroatoms. The van der Waals surface area contributed by atoms with E-state index in [1.807, 2.05) is 20.8 Å². The topological polar surface area (TPSA) is 82.6 Å². The molecule has 3 rings (SSSR count). The fraction of sp³-hybridized carbons (Fsp3) is 0.800. The lowest BCUT2D eigenvalue weighted by Crippen LogP contribution is -2.37. The van der Waals surface area contributed by atoms with Crippen LogP contribution >= 0.6 is 0 Å². The van der Waals surface area contributed by atoms with Crippen LogP contribution in [0.5, 0.6) is 0 Å². The maximum Gasteiger partial charge on any atom is 0.189 e. The van der Waals surface area contributed by atoms with Gasteiger partial charge in [0.25, 0.3) is 0 Å². The number of ether oxygens (including phenoxy) is 2. The summed E-state index contributed by atoms with van der Waals surface area (Å²) in [4.78, 5) is 12.2. The summed E-state index contributed by atoms with van der Waals surface area (Å²) in [6.45, 7) is 7.31. The molecule has 0 bridgehead atoms. The van der Waals surface area contributed by atoms with Gasteiger partial charge in [0.1, 0.15) is 12.2 Å². The molecule has 0 amide bonds. The van der Waals surface area contributed by atoms with Crippen molar-refractivity contribution in [1.29, 1.82) is 0 Å². The molecule has 0 radical (unpaired) electrons. The van der Waals surface area contributed by atoms with Gasteiger partial charge >= 0.3 is 0 Å². The SMILES string of the molecule is CC1(C)C=CC(=O)C2(C)OC2C(O)CC2(C)OC2C1O. The Balaban J connectivity index is 1.93. The minimum Gasteiger partial charge on any atom is -0.390 e. The molecule has 0 aromatic carbocycles. The Morgan fingerprint density at radius 2 is 1.80 bits per heavy atom. The van der Waals surface area contributed by atoms with E-state index in [1.165, 1.54) is 6.08 Å². The predicted octanol–water partition coefficient (Wildman–Crippen LogP) is 0.578. The third kappa shape index (κ3) is 1.96. The molecular formula is C15H22O5. The smallest absolute Gasteiger partial charge is 0.189 e. The van der Waals surface area contributed by atoms with Gasteiger partial charge in [0, 0.05) is 11.8 Å². The minimum absolute atomic E-state index is 0.163. The lowest BCUT2D eigenvalue weighted by atomic mass is 9.80. The maximum absolute atomic E-state index is 12.2. The summed E-state index contributed by atoms with van der Waals surface area (Å²) in [7, 11) is 0. The van der Waals surface area contributed by atoms with Gasteiger partial charge in [-0.2, -0.15) is 0 Å². The minimum atomic E-state index is -0.942. The molecule has 2 fully saturated rings. The Hall–Kier alpha value is -0.750. The monoisotopic (exact) mass is 282 g/mol. The van der Waals surface area contributed by atoms with Crippen molar-refractivity contribution in [2.24, 2.45) is 5.41 Å². The Morgan fingerprint density at radius 1 is 1.15 bits per heavy atom. The van der Waals surface area contributed by atoms with Crippen LogP contribution in [0.3, 0.4) is 0 Å². The summed E-state index contributed by atoms with van der Waals surface area (Å²) in [5.41, 5.74) is -2.07. The molecule has 0 aromatic heterocycles. The predicted molar refractivity (Wildman–Crippen MR) is 71.1 cm³/mol. The van der Waals surface area contributed by atoms with E-state index in [0.717, 1.165) is 0 Å². The van der Waals surface area contributed by atoms with Gasteiger partial charge < -0.3 is 19.7 Å². The Morgan fingerprint density at radius 3 is 2.45 bits per heavy atom. The second-order valence-corrected chi connectivity index (χ2v) is 7.23. The largest absolute Gasteiger partial charge is 0.390 e. The molecule has 20 heavy (non-hydrogen) atoms. The molecule has 6 atom stereocenters. The number of aliphatic hydroxyl groups excluding tert-OH is 2. The quantitative estimate of drug-likeness (QED) is 0.635. The van der Waals surface area contributed by atoms with Crippen LogP contribution in [0.2, 0.25) is 0 Å². The van der Waals surface area contributed by atoms with Crippen LogP contribution < -0.4 is 0 Å². The van der Waals surface area contributed by atoms with Gasteiger partial charge in [-0.25, -0.2) is 0 Å². The number of hydrogen-bond donors (Lipinski definition) is 2. The molecule has 5 nitrogen and oxygen atoms in total. The number of aliphatic hydroxyl groups is 2. The zero-order valence-corrected chi connectivity index (χ0v) is 12.3. The molecule has 3 aliphatic rings. The van der Waals surface area contributed by atoms with E-state index in [0.29, 0.717) is 6.42 Å². The molecule has 0 saturated carbocycles. The van der Waals surface area contributed by atoms with Crippen molar-refractivity contribution in [2.45, 2.75) is 69.7 Å². The number of fused-ring (bicyclic) bond motifs is 2. The average molecular weight is 282 g/mol. The van der Waals surface area contributed by atoms with Gasteiger partial charge in [-0.05, 0) is 19.9 Å². The van der Waals surface area contributed by atoms with Crippen molar-refractivity contribution < 1.29 is 24.5 Å². The van der Waals surface area contributed by atoms with E-state index in [2.05, 4.69) is 0 Å². The molecule has 1 aliphatic carbocycles. The van der Waals surface area contributed by atoms with Gasteiger partial charge in [-0.3, -0.25) is 4.79 Å². The van der Waals surface area contributed by atoms with Crippen LogP contribution in [0, 0.1) is 5.41 Å². The summed E-state index contributed by atoms with van der Waals surface area (Å²) >= 11 is 0. The third-order valence-corrected chi connectivity index (χ3v) is 4.96. The number of epoxide rings is 2. The van der Waals surface area contributed by atoms with E-state index in [4.69, 9.17) is 9.47 Å². The van der Waals surface area contributed by atoms with Gasteiger partial charge in [0.15, 0.2) is 11.4 Å². The zero-order valence-electron chi connectivity index (χ0n) is 12.3. The van der Waals surface area contributed by atoms with Crippen LogP contribution in [0.1, 0.15) is 34.1 Å². The molecular weight excluding hydrogens is 260 g/mol. The lowest BCUT2D eigenvalue weighted by Gasteiger charge is -2.27. The fourth-order valence-corrected chi connectivity index (χ4v) is 3.16. The normalized spacial score (nSPS) is 53.6. The highest BCUT2D eigenvalue weighted by molar-refractivity contribution is 5.99. The lowest BCUT2D eigenvalue weighted by molar-refractivity contribution is -0.119. The number of carbonyl (C=O) groups excluding carboxylic acids is 1. The Bertz CT molecular complexity index is 485. The maximum atomic E-state index is 12.2. The highest BCUT2D eigenvalue weighted by Crippen LogP contribution is 2.50. The van der Waals surface area contributed by atoms with Gasteiger partial charge in [0.2, 0.25) is 0 Å². The second kappa shape index (κ2) is 3.91. The molecule has 2 N–H and O–H groups in total. The molecule has 2 heterocycles. The van der Waals surface area contributed by atoms with Gasteiger partial charge in [-0.15, -0.1) is 0 Å². The second-order valence-electron chi connectivity index (χ2n) is 7.23.